The van der Waals surface area contributed by atoms with Crippen molar-refractivity contribution in [2.75, 3.05) is 6.61 Å². The van der Waals surface area contributed by atoms with E-state index in [9.17, 15) is 9.18 Å². The number of carbonyl (C=O) groups is 1. The quantitative estimate of drug-likeness (QED) is 0.461. The van der Waals surface area contributed by atoms with Gasteiger partial charge in [0, 0.05) is 6.42 Å². The summed E-state index contributed by atoms with van der Waals surface area (Å²) >= 11 is 1.28. The molecule has 0 radical (unpaired) electrons. The molecule has 4 nitrogen and oxygen atoms in total. The zero-order chi connectivity index (χ0) is 18.5. The number of esters is 1. The van der Waals surface area contributed by atoms with Crippen LogP contribution in [0.4, 0.5) is 4.39 Å². The topological polar surface area (TPSA) is 48.4 Å². The maximum Gasteiger partial charge on any atom is 0.355 e. The smallest absolute Gasteiger partial charge is 0.355 e. The molecule has 0 saturated carbocycles. The molecule has 1 aromatic heterocycles. The molecule has 0 atom stereocenters. The highest BCUT2D eigenvalue weighted by Gasteiger charge is 2.19. The fourth-order valence-electron chi connectivity index (χ4n) is 2.45. The van der Waals surface area contributed by atoms with E-state index in [2.05, 4.69) is 4.98 Å². The number of hydrogen-bond acceptors (Lipinski definition) is 5. The van der Waals surface area contributed by atoms with Gasteiger partial charge in [0.15, 0.2) is 11.5 Å². The van der Waals surface area contributed by atoms with Crippen LogP contribution in [-0.2, 0) is 6.42 Å². The van der Waals surface area contributed by atoms with Crippen LogP contribution in [0.3, 0.4) is 0 Å². The van der Waals surface area contributed by atoms with Gasteiger partial charge in [-0.3, -0.25) is 0 Å². The molecule has 26 heavy (non-hydrogen) atoms. The molecular formula is C20H18FNO3S. The average Bonchev–Trinajstić information content (AvgIpc) is 2.99. The summed E-state index contributed by atoms with van der Waals surface area (Å²) in [7, 11) is 0. The molecule has 0 spiro atoms. The summed E-state index contributed by atoms with van der Waals surface area (Å²) in [5, 5.41) is 0.777. The van der Waals surface area contributed by atoms with Gasteiger partial charge >= 0.3 is 5.97 Å². The number of hydrogen-bond donors (Lipinski definition) is 0. The van der Waals surface area contributed by atoms with Gasteiger partial charge in [0.25, 0.3) is 0 Å². The molecule has 3 rings (SSSR count). The third-order valence-corrected chi connectivity index (χ3v) is 4.78. The Morgan fingerprint density at radius 2 is 1.81 bits per heavy atom. The molecule has 0 bridgehead atoms. The standard InChI is InChI=1S/C20H18FNO3S/c1-3-24-16-6-4-5-7-17(16)25-20(23)19-13(2)22-18(26-19)12-14-8-10-15(21)11-9-14/h4-11H,3,12H2,1-2H3. The van der Waals surface area contributed by atoms with Crippen LogP contribution in [0.1, 0.15) is 32.9 Å². The Hall–Kier alpha value is -2.73. The Labute approximate surface area is 155 Å². The van der Waals surface area contributed by atoms with E-state index < -0.39 is 5.97 Å². The molecule has 0 aliphatic carbocycles. The Kier molecular flexibility index (Phi) is 5.63. The van der Waals surface area contributed by atoms with Crippen LogP contribution in [-0.4, -0.2) is 17.6 Å². The molecule has 0 aliphatic rings. The second kappa shape index (κ2) is 8.10. The lowest BCUT2D eigenvalue weighted by Gasteiger charge is -2.09. The van der Waals surface area contributed by atoms with Crippen LogP contribution in [0.25, 0.3) is 0 Å². The summed E-state index contributed by atoms with van der Waals surface area (Å²) < 4.78 is 24.0. The normalized spacial score (nSPS) is 10.6. The van der Waals surface area contributed by atoms with Crippen molar-refractivity contribution in [1.29, 1.82) is 0 Å². The first-order valence-electron chi connectivity index (χ1n) is 8.21. The van der Waals surface area contributed by atoms with Crippen molar-refractivity contribution in [3.8, 4) is 11.5 Å². The highest BCUT2D eigenvalue weighted by molar-refractivity contribution is 7.13. The van der Waals surface area contributed by atoms with Gasteiger partial charge in [-0.2, -0.15) is 0 Å². The first-order valence-corrected chi connectivity index (χ1v) is 9.03. The van der Waals surface area contributed by atoms with Gasteiger partial charge in [0.1, 0.15) is 10.7 Å². The number of thiazole rings is 1. The van der Waals surface area contributed by atoms with Crippen LogP contribution in [0.5, 0.6) is 11.5 Å². The van der Waals surface area contributed by atoms with Gasteiger partial charge in [-0.05, 0) is 43.7 Å². The summed E-state index contributed by atoms with van der Waals surface area (Å²) in [5.41, 5.74) is 1.55. The number of aryl methyl sites for hydroxylation is 1. The number of carbonyl (C=O) groups excluding carboxylic acids is 1. The van der Waals surface area contributed by atoms with E-state index in [0.717, 1.165) is 10.6 Å². The predicted octanol–water partition coefficient (Wildman–Crippen LogP) is 4.80. The minimum atomic E-state index is -0.461. The Morgan fingerprint density at radius 1 is 1.12 bits per heavy atom. The summed E-state index contributed by atoms with van der Waals surface area (Å²) in [6.07, 6.45) is 0.536. The lowest BCUT2D eigenvalue weighted by atomic mass is 10.1. The summed E-state index contributed by atoms with van der Waals surface area (Å²) in [5.74, 6) is 0.170. The van der Waals surface area contributed by atoms with Crippen molar-refractivity contribution in [2.45, 2.75) is 20.3 Å². The fourth-order valence-corrected chi connectivity index (χ4v) is 3.43. The monoisotopic (exact) mass is 371 g/mol. The zero-order valence-corrected chi connectivity index (χ0v) is 15.3. The van der Waals surface area contributed by atoms with Gasteiger partial charge in [-0.25, -0.2) is 14.2 Å². The summed E-state index contributed by atoms with van der Waals surface area (Å²) in [4.78, 5) is 17.4. The largest absolute Gasteiger partial charge is 0.490 e. The Balaban J connectivity index is 1.76. The molecule has 3 aromatic rings. The van der Waals surface area contributed by atoms with Crippen LogP contribution in [0.2, 0.25) is 0 Å². The van der Waals surface area contributed by atoms with Crippen molar-refractivity contribution < 1.29 is 18.7 Å². The van der Waals surface area contributed by atoms with E-state index in [-0.39, 0.29) is 5.82 Å². The van der Waals surface area contributed by atoms with Gasteiger partial charge in [-0.1, -0.05) is 24.3 Å². The van der Waals surface area contributed by atoms with E-state index in [1.54, 1.807) is 37.3 Å². The lowest BCUT2D eigenvalue weighted by molar-refractivity contribution is 0.0732. The molecule has 0 aliphatic heterocycles. The van der Waals surface area contributed by atoms with E-state index >= 15 is 0 Å². The average molecular weight is 371 g/mol. The van der Waals surface area contributed by atoms with Crippen molar-refractivity contribution in [2.24, 2.45) is 0 Å². The van der Waals surface area contributed by atoms with Crippen LogP contribution >= 0.6 is 11.3 Å². The van der Waals surface area contributed by atoms with Crippen molar-refractivity contribution in [3.05, 3.63) is 75.5 Å². The summed E-state index contributed by atoms with van der Waals surface area (Å²) in [6.45, 7) is 4.12. The van der Waals surface area contributed by atoms with E-state index in [4.69, 9.17) is 9.47 Å². The van der Waals surface area contributed by atoms with Crippen molar-refractivity contribution >= 4 is 17.3 Å². The minimum absolute atomic E-state index is 0.277. The lowest BCUT2D eigenvalue weighted by Crippen LogP contribution is -2.09. The SMILES string of the molecule is CCOc1ccccc1OC(=O)c1sc(Cc2ccc(F)cc2)nc1C. The first kappa shape index (κ1) is 18.1. The molecule has 0 unspecified atom stereocenters. The number of aromatic nitrogens is 1. The molecule has 0 fully saturated rings. The molecule has 134 valence electrons. The molecule has 2 aromatic carbocycles. The number of nitrogens with zero attached hydrogens (tertiary/aromatic N) is 1. The maximum absolute atomic E-state index is 13.0. The number of rotatable bonds is 6. The van der Waals surface area contributed by atoms with Gasteiger partial charge in [0.2, 0.25) is 0 Å². The molecular weight excluding hydrogens is 353 g/mol. The van der Waals surface area contributed by atoms with E-state index in [1.165, 1.54) is 23.5 Å². The zero-order valence-electron chi connectivity index (χ0n) is 14.5. The predicted molar refractivity (Wildman–Crippen MR) is 98.6 cm³/mol. The maximum atomic E-state index is 13.0. The van der Waals surface area contributed by atoms with Crippen LogP contribution in [0.15, 0.2) is 48.5 Å². The number of benzene rings is 2. The molecule has 0 saturated heterocycles. The highest BCUT2D eigenvalue weighted by Crippen LogP contribution is 2.29. The van der Waals surface area contributed by atoms with Crippen molar-refractivity contribution in [1.82, 2.24) is 4.98 Å². The molecule has 0 N–H and O–H groups in total. The first-order chi connectivity index (χ1) is 12.6. The van der Waals surface area contributed by atoms with Gasteiger partial charge in [-0.15, -0.1) is 11.3 Å². The second-order valence-electron chi connectivity index (χ2n) is 5.59. The van der Waals surface area contributed by atoms with E-state index in [1.807, 2.05) is 13.0 Å². The number of ether oxygens (including phenoxy) is 2. The molecule has 1 heterocycles. The fraction of sp³-hybridized carbons (Fsp3) is 0.200. The van der Waals surface area contributed by atoms with Crippen molar-refractivity contribution in [3.63, 3.8) is 0 Å². The highest BCUT2D eigenvalue weighted by atomic mass is 32.1. The Morgan fingerprint density at radius 3 is 2.50 bits per heavy atom. The molecule has 6 heteroatoms. The third-order valence-electron chi connectivity index (χ3n) is 3.65. The Bertz CT molecular complexity index is 906. The van der Waals surface area contributed by atoms with Crippen LogP contribution in [0, 0.1) is 12.7 Å². The number of para-hydroxylation sites is 2. The minimum Gasteiger partial charge on any atom is -0.490 e. The van der Waals surface area contributed by atoms with Gasteiger partial charge in [0.05, 0.1) is 17.3 Å². The third kappa shape index (κ3) is 4.26. The summed E-state index contributed by atoms with van der Waals surface area (Å²) in [6, 6.07) is 13.3. The van der Waals surface area contributed by atoms with Gasteiger partial charge < -0.3 is 9.47 Å². The number of halogens is 1. The van der Waals surface area contributed by atoms with Crippen LogP contribution < -0.4 is 9.47 Å². The molecule has 0 amide bonds. The second-order valence-corrected chi connectivity index (χ2v) is 6.68. The van der Waals surface area contributed by atoms with E-state index in [0.29, 0.717) is 35.1 Å².